The minimum Gasteiger partial charge on any atom is -0.443 e. The number of aliphatic hydroxyl groups is 1. The standard InChI is InChI=1S/C7H14N2O3/c8-4-6-5-9(2-1-3-10)7(11)12-6/h6,10H,1-5,8H2. The highest BCUT2D eigenvalue weighted by molar-refractivity contribution is 5.69. The molecule has 0 aromatic heterocycles. The molecule has 0 aromatic rings. The Balaban J connectivity index is 2.31. The van der Waals surface area contributed by atoms with E-state index in [0.29, 0.717) is 26.1 Å². The molecule has 0 bridgehead atoms. The van der Waals surface area contributed by atoms with Gasteiger partial charge in [-0.05, 0) is 6.42 Å². The third-order valence-electron chi connectivity index (χ3n) is 1.80. The molecule has 1 rings (SSSR count). The predicted molar refractivity (Wildman–Crippen MR) is 42.6 cm³/mol. The van der Waals surface area contributed by atoms with E-state index in [1.807, 2.05) is 0 Å². The van der Waals surface area contributed by atoms with E-state index in [9.17, 15) is 4.79 Å². The van der Waals surface area contributed by atoms with E-state index >= 15 is 0 Å². The van der Waals surface area contributed by atoms with E-state index in [2.05, 4.69) is 0 Å². The Bertz CT molecular complexity index is 163. The Labute approximate surface area is 71.1 Å². The molecule has 1 unspecified atom stereocenters. The van der Waals surface area contributed by atoms with Crippen LogP contribution in [0.3, 0.4) is 0 Å². The molecule has 1 heterocycles. The van der Waals surface area contributed by atoms with E-state index in [1.54, 1.807) is 4.90 Å². The van der Waals surface area contributed by atoms with Gasteiger partial charge in [0, 0.05) is 19.7 Å². The van der Waals surface area contributed by atoms with E-state index in [0.717, 1.165) is 0 Å². The SMILES string of the molecule is NCC1CN(CCCO)C(=O)O1. The Morgan fingerprint density at radius 2 is 2.50 bits per heavy atom. The van der Waals surface area contributed by atoms with Gasteiger partial charge in [0.15, 0.2) is 0 Å². The molecule has 1 fully saturated rings. The van der Waals surface area contributed by atoms with Crippen LogP contribution in [0.15, 0.2) is 0 Å². The molecule has 12 heavy (non-hydrogen) atoms. The lowest BCUT2D eigenvalue weighted by molar-refractivity contribution is 0.134. The molecular weight excluding hydrogens is 160 g/mol. The van der Waals surface area contributed by atoms with E-state index < -0.39 is 0 Å². The zero-order valence-corrected chi connectivity index (χ0v) is 6.90. The maximum absolute atomic E-state index is 11.0. The zero-order valence-electron chi connectivity index (χ0n) is 6.90. The van der Waals surface area contributed by atoms with E-state index in [1.165, 1.54) is 0 Å². The van der Waals surface area contributed by atoms with Crippen LogP contribution in [0, 0.1) is 0 Å². The Morgan fingerprint density at radius 3 is 3.00 bits per heavy atom. The first kappa shape index (κ1) is 9.28. The second-order valence-corrected chi connectivity index (χ2v) is 2.76. The van der Waals surface area contributed by atoms with Crippen LogP contribution in [0.25, 0.3) is 0 Å². The fourth-order valence-corrected chi connectivity index (χ4v) is 1.14. The highest BCUT2D eigenvalue weighted by Crippen LogP contribution is 2.09. The van der Waals surface area contributed by atoms with E-state index in [-0.39, 0.29) is 18.8 Å². The van der Waals surface area contributed by atoms with Gasteiger partial charge in [0.2, 0.25) is 0 Å². The fraction of sp³-hybridized carbons (Fsp3) is 0.857. The molecule has 5 heteroatoms. The Kier molecular flexibility index (Phi) is 3.31. The predicted octanol–water partition coefficient (Wildman–Crippen LogP) is -0.852. The molecule has 5 nitrogen and oxygen atoms in total. The summed E-state index contributed by atoms with van der Waals surface area (Å²) in [6, 6.07) is 0. The first-order valence-electron chi connectivity index (χ1n) is 4.04. The van der Waals surface area contributed by atoms with Crippen molar-refractivity contribution in [1.82, 2.24) is 4.90 Å². The summed E-state index contributed by atoms with van der Waals surface area (Å²) in [5.74, 6) is 0. The number of ether oxygens (including phenoxy) is 1. The second kappa shape index (κ2) is 4.27. The molecule has 1 amide bonds. The van der Waals surface area contributed by atoms with Crippen molar-refractivity contribution in [3.8, 4) is 0 Å². The van der Waals surface area contributed by atoms with E-state index in [4.69, 9.17) is 15.6 Å². The summed E-state index contributed by atoms with van der Waals surface area (Å²) in [6.45, 7) is 1.56. The van der Waals surface area contributed by atoms with Gasteiger partial charge in [0.05, 0.1) is 6.54 Å². The van der Waals surface area contributed by atoms with Crippen LogP contribution in [-0.2, 0) is 4.74 Å². The van der Waals surface area contributed by atoms with Crippen molar-refractivity contribution in [2.24, 2.45) is 5.73 Å². The van der Waals surface area contributed by atoms with Crippen molar-refractivity contribution in [1.29, 1.82) is 0 Å². The van der Waals surface area contributed by atoms with Crippen LogP contribution in [0.4, 0.5) is 4.79 Å². The van der Waals surface area contributed by atoms with Crippen molar-refractivity contribution in [3.05, 3.63) is 0 Å². The number of nitrogens with zero attached hydrogens (tertiary/aromatic N) is 1. The monoisotopic (exact) mass is 174 g/mol. The molecule has 0 saturated carbocycles. The average molecular weight is 174 g/mol. The van der Waals surface area contributed by atoms with Gasteiger partial charge in [-0.2, -0.15) is 0 Å². The van der Waals surface area contributed by atoms with Crippen LogP contribution in [0.5, 0.6) is 0 Å². The molecule has 1 saturated heterocycles. The normalized spacial score (nSPS) is 23.0. The highest BCUT2D eigenvalue weighted by atomic mass is 16.6. The first-order chi connectivity index (χ1) is 5.77. The molecule has 0 aromatic carbocycles. The van der Waals surface area contributed by atoms with Gasteiger partial charge in [-0.15, -0.1) is 0 Å². The lowest BCUT2D eigenvalue weighted by Crippen LogP contribution is -2.28. The molecule has 0 radical (unpaired) electrons. The number of rotatable bonds is 4. The average Bonchev–Trinajstić information content (AvgIpc) is 2.43. The number of hydrogen-bond acceptors (Lipinski definition) is 4. The smallest absolute Gasteiger partial charge is 0.410 e. The van der Waals surface area contributed by atoms with Crippen LogP contribution in [0.1, 0.15) is 6.42 Å². The number of cyclic esters (lactones) is 1. The summed E-state index contributed by atoms with van der Waals surface area (Å²) in [6.07, 6.45) is 0.0990. The summed E-state index contributed by atoms with van der Waals surface area (Å²) in [4.78, 5) is 12.6. The van der Waals surface area contributed by atoms with Crippen molar-refractivity contribution in [3.63, 3.8) is 0 Å². The summed E-state index contributed by atoms with van der Waals surface area (Å²) < 4.78 is 4.90. The van der Waals surface area contributed by atoms with Gasteiger partial charge < -0.3 is 20.5 Å². The summed E-state index contributed by atoms with van der Waals surface area (Å²) in [5, 5.41) is 8.53. The van der Waals surface area contributed by atoms with Crippen molar-refractivity contribution in [2.75, 3.05) is 26.2 Å². The minimum atomic E-state index is -0.320. The third kappa shape index (κ3) is 2.09. The molecule has 0 spiro atoms. The number of hydrogen-bond donors (Lipinski definition) is 2. The molecule has 1 aliphatic rings. The maximum Gasteiger partial charge on any atom is 0.410 e. The van der Waals surface area contributed by atoms with Gasteiger partial charge in [-0.25, -0.2) is 4.79 Å². The van der Waals surface area contributed by atoms with Crippen molar-refractivity contribution in [2.45, 2.75) is 12.5 Å². The van der Waals surface area contributed by atoms with Gasteiger partial charge in [0.25, 0.3) is 0 Å². The van der Waals surface area contributed by atoms with Gasteiger partial charge >= 0.3 is 6.09 Å². The van der Waals surface area contributed by atoms with Crippen molar-refractivity contribution >= 4 is 6.09 Å². The number of aliphatic hydroxyl groups excluding tert-OH is 1. The molecule has 1 atom stereocenters. The summed E-state index contributed by atoms with van der Waals surface area (Å²) in [7, 11) is 0. The van der Waals surface area contributed by atoms with Crippen LogP contribution < -0.4 is 5.73 Å². The van der Waals surface area contributed by atoms with Gasteiger partial charge in [-0.1, -0.05) is 0 Å². The van der Waals surface area contributed by atoms with Crippen molar-refractivity contribution < 1.29 is 14.6 Å². The molecule has 70 valence electrons. The number of nitrogens with two attached hydrogens (primary N) is 1. The molecule has 1 aliphatic heterocycles. The number of carbonyl (C=O) groups excluding carboxylic acids is 1. The van der Waals surface area contributed by atoms with Crippen LogP contribution in [0.2, 0.25) is 0 Å². The van der Waals surface area contributed by atoms with Crippen LogP contribution >= 0.6 is 0 Å². The Morgan fingerprint density at radius 1 is 1.75 bits per heavy atom. The summed E-state index contributed by atoms with van der Waals surface area (Å²) >= 11 is 0. The second-order valence-electron chi connectivity index (χ2n) is 2.76. The number of carbonyl (C=O) groups is 1. The maximum atomic E-state index is 11.0. The largest absolute Gasteiger partial charge is 0.443 e. The topological polar surface area (TPSA) is 75.8 Å². The molecule has 3 N–H and O–H groups in total. The Hall–Kier alpha value is -0.810. The van der Waals surface area contributed by atoms with Gasteiger partial charge in [-0.3, -0.25) is 0 Å². The third-order valence-corrected chi connectivity index (χ3v) is 1.80. The quantitative estimate of drug-likeness (QED) is 0.582. The lowest BCUT2D eigenvalue weighted by atomic mass is 10.3. The highest BCUT2D eigenvalue weighted by Gasteiger charge is 2.29. The zero-order chi connectivity index (χ0) is 8.97. The minimum absolute atomic E-state index is 0.0943. The fourth-order valence-electron chi connectivity index (χ4n) is 1.14. The first-order valence-corrected chi connectivity index (χ1v) is 4.04. The van der Waals surface area contributed by atoms with Gasteiger partial charge in [0.1, 0.15) is 6.10 Å². The molecular formula is C7H14N2O3. The lowest BCUT2D eigenvalue weighted by Gasteiger charge is -2.10. The van der Waals surface area contributed by atoms with Crippen LogP contribution in [-0.4, -0.2) is 48.4 Å². The summed E-state index contributed by atoms with van der Waals surface area (Å²) in [5.41, 5.74) is 5.33. The number of amides is 1. The molecule has 0 aliphatic carbocycles.